The van der Waals surface area contributed by atoms with Crippen LogP contribution in [-0.4, -0.2) is 51.8 Å². The van der Waals surface area contributed by atoms with Gasteiger partial charge >= 0.3 is 17.9 Å². The van der Waals surface area contributed by atoms with Gasteiger partial charge in [-0.15, -0.1) is 0 Å². The average molecular weight is 390 g/mol. The predicted molar refractivity (Wildman–Crippen MR) is 104 cm³/mol. The van der Waals surface area contributed by atoms with Crippen molar-refractivity contribution < 1.29 is 28.6 Å². The molecule has 0 aliphatic carbocycles. The molecule has 1 heterocycles. The summed E-state index contributed by atoms with van der Waals surface area (Å²) >= 11 is 0. The summed E-state index contributed by atoms with van der Waals surface area (Å²) in [4.78, 5) is 37.3. The second-order valence-electron chi connectivity index (χ2n) is 6.26. The topological polar surface area (TPSA) is 94.2 Å². The molecule has 1 aliphatic heterocycles. The van der Waals surface area contributed by atoms with Crippen molar-refractivity contribution in [3.63, 3.8) is 0 Å². The zero-order chi connectivity index (χ0) is 20.5. The molecular weight excluding hydrogens is 364 g/mol. The molecule has 1 aliphatic rings. The van der Waals surface area contributed by atoms with Gasteiger partial charge in [0.2, 0.25) is 0 Å². The van der Waals surface area contributed by atoms with Crippen LogP contribution in [0.5, 0.6) is 0 Å². The number of nitrogens with zero attached hydrogens (tertiary/aromatic N) is 1. The maximum absolute atomic E-state index is 11.8. The average Bonchev–Trinajstić information content (AvgIpc) is 2.73. The summed E-state index contributed by atoms with van der Waals surface area (Å²) in [5.74, 6) is -1.48. The second kappa shape index (κ2) is 10.3. The highest BCUT2D eigenvalue weighted by atomic mass is 16.5. The fraction of sp³-hybridized carbons (Fsp3) is 0.450. The lowest BCUT2D eigenvalue weighted by Crippen LogP contribution is -2.36. The minimum atomic E-state index is -0.671. The van der Waals surface area contributed by atoms with Crippen LogP contribution in [0.2, 0.25) is 0 Å². The Hall–Kier alpha value is -3.03. The molecule has 0 atom stereocenters. The number of methoxy groups -OCH3 is 2. The van der Waals surface area contributed by atoms with E-state index in [1.54, 1.807) is 12.1 Å². The number of carbonyl (C=O) groups is 3. The molecule has 28 heavy (non-hydrogen) atoms. The Morgan fingerprint density at radius 2 is 1.75 bits per heavy atom. The van der Waals surface area contributed by atoms with Gasteiger partial charge < -0.3 is 24.4 Å². The van der Waals surface area contributed by atoms with Gasteiger partial charge in [0, 0.05) is 24.5 Å². The first-order chi connectivity index (χ1) is 13.5. The van der Waals surface area contributed by atoms with Gasteiger partial charge in [-0.25, -0.2) is 9.59 Å². The van der Waals surface area contributed by atoms with E-state index in [0.29, 0.717) is 12.3 Å². The SMILES string of the molecule is CCOC(=O)C1CCN(c2ccc(N/C(=C/C(=O)OC)C(=O)OC)cc2)CC1. The first kappa shape index (κ1) is 21.3. The molecule has 0 amide bonds. The van der Waals surface area contributed by atoms with Crippen LogP contribution in [0, 0.1) is 5.92 Å². The van der Waals surface area contributed by atoms with E-state index in [1.807, 2.05) is 19.1 Å². The highest BCUT2D eigenvalue weighted by Crippen LogP contribution is 2.25. The second-order valence-corrected chi connectivity index (χ2v) is 6.26. The van der Waals surface area contributed by atoms with Crippen molar-refractivity contribution in [2.24, 2.45) is 5.92 Å². The van der Waals surface area contributed by atoms with Crippen LogP contribution >= 0.6 is 0 Å². The van der Waals surface area contributed by atoms with E-state index in [9.17, 15) is 14.4 Å². The number of hydrogen-bond donors (Lipinski definition) is 1. The van der Waals surface area contributed by atoms with Crippen molar-refractivity contribution in [2.75, 3.05) is 44.1 Å². The third-order valence-electron chi connectivity index (χ3n) is 4.50. The van der Waals surface area contributed by atoms with E-state index < -0.39 is 11.9 Å². The van der Waals surface area contributed by atoms with Crippen molar-refractivity contribution in [3.05, 3.63) is 36.0 Å². The third kappa shape index (κ3) is 5.73. The first-order valence-electron chi connectivity index (χ1n) is 9.15. The first-order valence-corrected chi connectivity index (χ1v) is 9.15. The van der Waals surface area contributed by atoms with Crippen LogP contribution in [0.15, 0.2) is 36.0 Å². The van der Waals surface area contributed by atoms with Crippen molar-refractivity contribution in [2.45, 2.75) is 19.8 Å². The van der Waals surface area contributed by atoms with Crippen molar-refractivity contribution in [1.29, 1.82) is 0 Å². The zero-order valence-electron chi connectivity index (χ0n) is 16.4. The monoisotopic (exact) mass is 390 g/mol. The molecule has 8 heteroatoms. The fourth-order valence-electron chi connectivity index (χ4n) is 2.98. The maximum atomic E-state index is 11.8. The van der Waals surface area contributed by atoms with Gasteiger partial charge in [-0.2, -0.15) is 0 Å². The number of piperidine rings is 1. The molecule has 2 rings (SSSR count). The summed E-state index contributed by atoms with van der Waals surface area (Å²) in [5, 5.41) is 2.87. The molecule has 8 nitrogen and oxygen atoms in total. The quantitative estimate of drug-likeness (QED) is 0.430. The summed E-state index contributed by atoms with van der Waals surface area (Å²) < 4.78 is 14.3. The minimum absolute atomic E-state index is 0.0163. The number of nitrogens with one attached hydrogen (secondary N) is 1. The van der Waals surface area contributed by atoms with Crippen LogP contribution in [0.1, 0.15) is 19.8 Å². The summed E-state index contributed by atoms with van der Waals surface area (Å²) in [6.07, 6.45) is 2.56. The van der Waals surface area contributed by atoms with Crippen LogP contribution in [0.25, 0.3) is 0 Å². The lowest BCUT2D eigenvalue weighted by atomic mass is 9.96. The van der Waals surface area contributed by atoms with E-state index in [2.05, 4.69) is 19.7 Å². The molecule has 1 fully saturated rings. The van der Waals surface area contributed by atoms with Crippen molar-refractivity contribution >= 4 is 29.3 Å². The van der Waals surface area contributed by atoms with Gasteiger partial charge in [-0.1, -0.05) is 0 Å². The molecule has 1 aromatic carbocycles. The maximum Gasteiger partial charge on any atom is 0.354 e. The number of benzene rings is 1. The Morgan fingerprint density at radius 3 is 2.29 bits per heavy atom. The van der Waals surface area contributed by atoms with Gasteiger partial charge in [0.1, 0.15) is 5.70 Å². The molecule has 0 unspecified atom stereocenters. The normalized spacial score (nSPS) is 15.0. The van der Waals surface area contributed by atoms with Gasteiger partial charge in [0.05, 0.1) is 32.8 Å². The van der Waals surface area contributed by atoms with E-state index in [1.165, 1.54) is 14.2 Å². The lowest BCUT2D eigenvalue weighted by molar-refractivity contribution is -0.148. The highest BCUT2D eigenvalue weighted by Gasteiger charge is 2.26. The molecule has 0 aromatic heterocycles. The van der Waals surface area contributed by atoms with Crippen LogP contribution in [0.3, 0.4) is 0 Å². The lowest BCUT2D eigenvalue weighted by Gasteiger charge is -2.32. The largest absolute Gasteiger partial charge is 0.466 e. The summed E-state index contributed by atoms with van der Waals surface area (Å²) in [7, 11) is 2.46. The van der Waals surface area contributed by atoms with E-state index in [-0.39, 0.29) is 17.6 Å². The van der Waals surface area contributed by atoms with Crippen LogP contribution < -0.4 is 10.2 Å². The third-order valence-corrected chi connectivity index (χ3v) is 4.50. The number of ether oxygens (including phenoxy) is 3. The summed E-state index contributed by atoms with van der Waals surface area (Å²) in [5.41, 5.74) is 1.63. The number of carbonyl (C=O) groups excluding carboxylic acids is 3. The molecule has 1 saturated heterocycles. The van der Waals surface area contributed by atoms with E-state index in [0.717, 1.165) is 37.7 Å². The molecule has 0 spiro atoms. The Morgan fingerprint density at radius 1 is 1.11 bits per heavy atom. The smallest absolute Gasteiger partial charge is 0.354 e. The Kier molecular flexibility index (Phi) is 7.86. The molecule has 0 bridgehead atoms. The zero-order valence-corrected chi connectivity index (χ0v) is 16.4. The minimum Gasteiger partial charge on any atom is -0.466 e. The van der Waals surface area contributed by atoms with Crippen LogP contribution in [-0.2, 0) is 28.6 Å². The number of anilines is 2. The van der Waals surface area contributed by atoms with Gasteiger partial charge in [0.25, 0.3) is 0 Å². The molecule has 0 saturated carbocycles. The molecule has 152 valence electrons. The summed E-state index contributed by atoms with van der Waals surface area (Å²) in [6.45, 7) is 3.76. The Labute approximate surface area is 164 Å². The molecule has 1 aromatic rings. The van der Waals surface area contributed by atoms with Crippen molar-refractivity contribution in [1.82, 2.24) is 0 Å². The molecule has 1 N–H and O–H groups in total. The Balaban J connectivity index is 1.99. The van der Waals surface area contributed by atoms with Crippen molar-refractivity contribution in [3.8, 4) is 0 Å². The fourth-order valence-corrected chi connectivity index (χ4v) is 2.98. The molecular formula is C20H26N2O6. The summed E-state index contributed by atoms with van der Waals surface area (Å²) in [6, 6.07) is 7.45. The standard InChI is InChI=1S/C20H26N2O6/c1-4-28-19(24)14-9-11-22(12-10-14)16-7-5-15(6-8-16)21-17(20(25)27-3)13-18(23)26-2/h5-8,13-14,21H,4,9-12H2,1-3H3/b17-13+. The predicted octanol–water partition coefficient (Wildman–Crippen LogP) is 2.11. The number of rotatable bonds is 7. The van der Waals surface area contributed by atoms with Gasteiger partial charge in [-0.3, -0.25) is 4.79 Å². The van der Waals surface area contributed by atoms with Gasteiger partial charge in [-0.05, 0) is 44.0 Å². The number of hydrogen-bond acceptors (Lipinski definition) is 8. The highest BCUT2D eigenvalue weighted by molar-refractivity contribution is 5.98. The van der Waals surface area contributed by atoms with Crippen LogP contribution in [0.4, 0.5) is 11.4 Å². The Bertz CT molecular complexity index is 721. The van der Waals surface area contributed by atoms with Gasteiger partial charge in [0.15, 0.2) is 0 Å². The molecule has 0 radical (unpaired) electrons. The van der Waals surface area contributed by atoms with E-state index in [4.69, 9.17) is 4.74 Å². The number of esters is 3. The van der Waals surface area contributed by atoms with E-state index >= 15 is 0 Å².